The quantitative estimate of drug-likeness (QED) is 0.181. The van der Waals surface area contributed by atoms with Crippen LogP contribution in [0.4, 0.5) is 5.69 Å². The third kappa shape index (κ3) is 5.61. The number of rotatable bonds is 6. The molecule has 0 aliphatic heterocycles. The number of para-hydroxylation sites is 1. The average molecular weight is 482 g/mol. The van der Waals surface area contributed by atoms with Crippen molar-refractivity contribution in [3.63, 3.8) is 0 Å². The summed E-state index contributed by atoms with van der Waals surface area (Å²) >= 11 is 3.29. The zero-order valence-electron chi connectivity index (χ0n) is 16.2. The Morgan fingerprint density at radius 3 is 2.32 bits per heavy atom. The van der Waals surface area contributed by atoms with Gasteiger partial charge in [0.05, 0.1) is 16.7 Å². The van der Waals surface area contributed by atoms with Crippen LogP contribution in [-0.2, 0) is 0 Å². The van der Waals surface area contributed by atoms with Crippen LogP contribution in [0.2, 0.25) is 0 Å². The van der Waals surface area contributed by atoms with E-state index in [0.717, 1.165) is 10.0 Å². The van der Waals surface area contributed by atoms with Gasteiger partial charge in [0.1, 0.15) is 0 Å². The lowest BCUT2D eigenvalue weighted by atomic mass is 10.1. The number of nitro groups is 1. The summed E-state index contributed by atoms with van der Waals surface area (Å²) < 4.78 is 6.15. The highest BCUT2D eigenvalue weighted by Gasteiger charge is 2.22. The van der Waals surface area contributed by atoms with E-state index in [9.17, 15) is 19.7 Å². The van der Waals surface area contributed by atoms with Crippen molar-refractivity contribution in [2.45, 2.75) is 6.92 Å². The number of carbonyl (C=O) groups excluding carboxylic acids is 2. The molecule has 0 radical (unpaired) electrons. The molecule has 0 bridgehead atoms. The number of aryl methyl sites for hydroxylation is 1. The van der Waals surface area contributed by atoms with Crippen LogP contribution in [-0.4, -0.2) is 23.0 Å². The molecular formula is C22H16BrN3O5. The minimum Gasteiger partial charge on any atom is -0.415 e. The number of hydrazone groups is 1. The second-order valence-electron chi connectivity index (χ2n) is 6.41. The van der Waals surface area contributed by atoms with Crippen molar-refractivity contribution >= 4 is 39.7 Å². The SMILES string of the molecule is Cc1ccc(C(=O)Oc2c(/C=N/NC(=O)c3ccc(Br)cc3)cccc2[N+](=O)[O-])cc1. The van der Waals surface area contributed by atoms with Gasteiger partial charge in [0.15, 0.2) is 0 Å². The summed E-state index contributed by atoms with van der Waals surface area (Å²) in [6.07, 6.45) is 1.18. The van der Waals surface area contributed by atoms with Gasteiger partial charge < -0.3 is 4.74 Å². The number of nitro benzene ring substituents is 1. The Kier molecular flexibility index (Phi) is 6.88. The van der Waals surface area contributed by atoms with Crippen LogP contribution in [0.25, 0.3) is 0 Å². The monoisotopic (exact) mass is 481 g/mol. The van der Waals surface area contributed by atoms with E-state index in [1.165, 1.54) is 24.4 Å². The molecule has 31 heavy (non-hydrogen) atoms. The van der Waals surface area contributed by atoms with Gasteiger partial charge in [-0.15, -0.1) is 0 Å². The Hall–Kier alpha value is -3.85. The van der Waals surface area contributed by atoms with E-state index < -0.39 is 22.5 Å². The highest BCUT2D eigenvalue weighted by atomic mass is 79.9. The number of benzene rings is 3. The van der Waals surface area contributed by atoms with Crippen molar-refractivity contribution in [2.75, 3.05) is 0 Å². The van der Waals surface area contributed by atoms with Crippen LogP contribution in [0.15, 0.2) is 76.3 Å². The largest absolute Gasteiger partial charge is 0.415 e. The van der Waals surface area contributed by atoms with E-state index in [1.54, 1.807) is 48.5 Å². The van der Waals surface area contributed by atoms with Gasteiger partial charge in [-0.1, -0.05) is 39.7 Å². The lowest BCUT2D eigenvalue weighted by Gasteiger charge is -2.08. The summed E-state index contributed by atoms with van der Waals surface area (Å²) in [6.45, 7) is 1.87. The van der Waals surface area contributed by atoms with Gasteiger partial charge in [-0.2, -0.15) is 5.10 Å². The van der Waals surface area contributed by atoms with Gasteiger partial charge in [-0.05, 0) is 49.4 Å². The standard InChI is InChI=1S/C22H16BrN3O5/c1-14-5-7-16(8-6-14)22(28)31-20-17(3-2-4-19(20)26(29)30)13-24-25-21(27)15-9-11-18(23)12-10-15/h2-13H,1H3,(H,25,27)/b24-13+. The van der Waals surface area contributed by atoms with E-state index in [1.807, 2.05) is 6.92 Å². The second kappa shape index (κ2) is 9.77. The molecule has 1 amide bonds. The number of hydrogen-bond donors (Lipinski definition) is 1. The Balaban J connectivity index is 1.83. The van der Waals surface area contributed by atoms with E-state index in [-0.39, 0.29) is 16.9 Å². The van der Waals surface area contributed by atoms with Crippen molar-refractivity contribution in [1.82, 2.24) is 5.43 Å². The van der Waals surface area contributed by atoms with E-state index in [2.05, 4.69) is 26.5 Å². The van der Waals surface area contributed by atoms with Crippen LogP contribution in [0, 0.1) is 17.0 Å². The molecule has 3 aromatic carbocycles. The average Bonchev–Trinajstić information content (AvgIpc) is 2.75. The molecule has 0 aliphatic rings. The fourth-order valence-electron chi connectivity index (χ4n) is 2.57. The van der Waals surface area contributed by atoms with Gasteiger partial charge in [0.25, 0.3) is 5.91 Å². The van der Waals surface area contributed by atoms with Gasteiger partial charge in [0.2, 0.25) is 5.75 Å². The maximum Gasteiger partial charge on any atom is 0.343 e. The number of hydrogen-bond acceptors (Lipinski definition) is 6. The van der Waals surface area contributed by atoms with Crippen LogP contribution < -0.4 is 10.2 Å². The van der Waals surface area contributed by atoms with Crippen molar-refractivity contribution in [3.05, 3.63) is 104 Å². The number of nitrogens with zero attached hydrogens (tertiary/aromatic N) is 2. The van der Waals surface area contributed by atoms with Gasteiger partial charge >= 0.3 is 11.7 Å². The van der Waals surface area contributed by atoms with Crippen LogP contribution >= 0.6 is 15.9 Å². The summed E-state index contributed by atoms with van der Waals surface area (Å²) in [5.74, 6) is -1.48. The minimum atomic E-state index is -0.747. The van der Waals surface area contributed by atoms with Crippen molar-refractivity contribution in [3.8, 4) is 5.75 Å². The molecule has 0 aliphatic carbocycles. The Bertz CT molecular complexity index is 1160. The van der Waals surface area contributed by atoms with E-state index in [4.69, 9.17) is 4.74 Å². The molecule has 0 saturated carbocycles. The van der Waals surface area contributed by atoms with Gasteiger partial charge in [-0.25, -0.2) is 10.2 Å². The first kappa shape index (κ1) is 21.8. The number of nitrogens with one attached hydrogen (secondary N) is 1. The Labute approximate surface area is 185 Å². The summed E-state index contributed by atoms with van der Waals surface area (Å²) in [7, 11) is 0. The molecular weight excluding hydrogens is 466 g/mol. The zero-order valence-corrected chi connectivity index (χ0v) is 17.8. The second-order valence-corrected chi connectivity index (χ2v) is 7.33. The molecule has 0 unspecified atom stereocenters. The maximum atomic E-state index is 12.5. The topological polar surface area (TPSA) is 111 Å². The fraction of sp³-hybridized carbons (Fsp3) is 0.0455. The predicted molar refractivity (Wildman–Crippen MR) is 118 cm³/mol. The molecule has 0 atom stereocenters. The lowest BCUT2D eigenvalue weighted by Crippen LogP contribution is -2.17. The Morgan fingerprint density at radius 1 is 1.03 bits per heavy atom. The molecule has 156 valence electrons. The van der Waals surface area contributed by atoms with Gasteiger partial charge in [0, 0.05) is 21.7 Å². The molecule has 0 fully saturated rings. The summed E-state index contributed by atoms with van der Waals surface area (Å²) in [5.41, 5.74) is 3.68. The lowest BCUT2D eigenvalue weighted by molar-refractivity contribution is -0.385. The maximum absolute atomic E-state index is 12.5. The Morgan fingerprint density at radius 2 is 1.68 bits per heavy atom. The number of halogens is 1. The smallest absolute Gasteiger partial charge is 0.343 e. The van der Waals surface area contributed by atoms with E-state index in [0.29, 0.717) is 5.56 Å². The third-order valence-corrected chi connectivity index (χ3v) is 4.71. The first-order valence-electron chi connectivity index (χ1n) is 9.00. The van der Waals surface area contributed by atoms with Crippen LogP contribution in [0.3, 0.4) is 0 Å². The number of amides is 1. The molecule has 3 aromatic rings. The molecule has 9 heteroatoms. The number of esters is 1. The fourth-order valence-corrected chi connectivity index (χ4v) is 2.83. The highest BCUT2D eigenvalue weighted by Crippen LogP contribution is 2.30. The molecule has 0 aromatic heterocycles. The molecule has 3 rings (SSSR count). The number of carbonyl (C=O) groups is 2. The first-order chi connectivity index (χ1) is 14.8. The summed E-state index contributed by atoms with van der Waals surface area (Å²) in [5, 5.41) is 15.3. The normalized spacial score (nSPS) is 10.6. The van der Waals surface area contributed by atoms with Crippen molar-refractivity contribution in [2.24, 2.45) is 5.10 Å². The van der Waals surface area contributed by atoms with Crippen LogP contribution in [0.5, 0.6) is 5.75 Å². The minimum absolute atomic E-state index is 0.158. The number of ether oxygens (including phenoxy) is 1. The highest BCUT2D eigenvalue weighted by molar-refractivity contribution is 9.10. The third-order valence-electron chi connectivity index (χ3n) is 4.18. The predicted octanol–water partition coefficient (Wildman–Crippen LogP) is 4.65. The van der Waals surface area contributed by atoms with Crippen molar-refractivity contribution < 1.29 is 19.2 Å². The van der Waals surface area contributed by atoms with Crippen molar-refractivity contribution in [1.29, 1.82) is 0 Å². The van der Waals surface area contributed by atoms with E-state index >= 15 is 0 Å². The molecule has 1 N–H and O–H groups in total. The summed E-state index contributed by atoms with van der Waals surface area (Å²) in [4.78, 5) is 35.4. The summed E-state index contributed by atoms with van der Waals surface area (Å²) in [6, 6.07) is 17.4. The molecule has 8 nitrogen and oxygen atoms in total. The zero-order chi connectivity index (χ0) is 22.4. The molecule has 0 saturated heterocycles. The molecule has 0 spiro atoms. The molecule has 0 heterocycles. The van der Waals surface area contributed by atoms with Crippen LogP contribution in [0.1, 0.15) is 31.8 Å². The van der Waals surface area contributed by atoms with Gasteiger partial charge in [-0.3, -0.25) is 14.9 Å². The first-order valence-corrected chi connectivity index (χ1v) is 9.79.